The molecular formula is C23H25ClN6O2. The van der Waals surface area contributed by atoms with Gasteiger partial charge in [0.15, 0.2) is 0 Å². The Bertz CT molecular complexity index is 1070. The number of hydrogen-bond donors (Lipinski definition) is 0. The average molecular weight is 453 g/mol. The average Bonchev–Trinajstić information content (AvgIpc) is 3.35. The SMILES string of the molecule is O=C(N1CCN(c2nnnn2-c2ccccc2)CC1)C1(c2cccc(Cl)c2)CCOCC1. The fourth-order valence-corrected chi connectivity index (χ4v) is 4.85. The Morgan fingerprint density at radius 1 is 0.969 bits per heavy atom. The van der Waals surface area contributed by atoms with E-state index in [9.17, 15) is 4.79 Å². The van der Waals surface area contributed by atoms with Crippen molar-refractivity contribution >= 4 is 23.5 Å². The fraction of sp³-hybridized carbons (Fsp3) is 0.391. The Morgan fingerprint density at radius 3 is 2.44 bits per heavy atom. The summed E-state index contributed by atoms with van der Waals surface area (Å²) in [6, 6.07) is 17.5. The molecule has 2 aliphatic heterocycles. The molecule has 0 unspecified atom stereocenters. The highest BCUT2D eigenvalue weighted by molar-refractivity contribution is 6.30. The van der Waals surface area contributed by atoms with Crippen LogP contribution in [-0.2, 0) is 14.9 Å². The number of hydrogen-bond acceptors (Lipinski definition) is 6. The molecule has 2 fully saturated rings. The highest BCUT2D eigenvalue weighted by atomic mass is 35.5. The van der Waals surface area contributed by atoms with Crippen LogP contribution in [0.1, 0.15) is 18.4 Å². The largest absolute Gasteiger partial charge is 0.381 e. The van der Waals surface area contributed by atoms with Gasteiger partial charge in [0.25, 0.3) is 0 Å². The molecule has 8 nitrogen and oxygen atoms in total. The number of carbonyl (C=O) groups is 1. The van der Waals surface area contributed by atoms with Crippen LogP contribution < -0.4 is 4.90 Å². The van der Waals surface area contributed by atoms with Gasteiger partial charge in [-0.1, -0.05) is 47.0 Å². The molecule has 3 heterocycles. The number of amides is 1. The van der Waals surface area contributed by atoms with Crippen LogP contribution in [0.5, 0.6) is 0 Å². The summed E-state index contributed by atoms with van der Waals surface area (Å²) in [4.78, 5) is 17.9. The summed E-state index contributed by atoms with van der Waals surface area (Å²) in [6.07, 6.45) is 1.33. The molecule has 1 amide bonds. The second-order valence-corrected chi connectivity index (χ2v) is 8.65. The molecule has 1 aromatic heterocycles. The van der Waals surface area contributed by atoms with Gasteiger partial charge in [-0.05, 0) is 53.1 Å². The topological polar surface area (TPSA) is 76.4 Å². The Morgan fingerprint density at radius 2 is 1.72 bits per heavy atom. The van der Waals surface area contributed by atoms with Crippen molar-refractivity contribution in [2.24, 2.45) is 0 Å². The maximum Gasteiger partial charge on any atom is 0.250 e. The number of ether oxygens (including phenoxy) is 1. The van der Waals surface area contributed by atoms with Crippen LogP contribution in [0.2, 0.25) is 5.02 Å². The maximum atomic E-state index is 13.8. The number of halogens is 1. The Hall–Kier alpha value is -2.97. The van der Waals surface area contributed by atoms with Crippen molar-refractivity contribution in [3.63, 3.8) is 0 Å². The summed E-state index contributed by atoms with van der Waals surface area (Å²) in [5.74, 6) is 0.851. The summed E-state index contributed by atoms with van der Waals surface area (Å²) in [7, 11) is 0. The van der Waals surface area contributed by atoms with Crippen LogP contribution in [-0.4, -0.2) is 70.4 Å². The smallest absolute Gasteiger partial charge is 0.250 e. The van der Waals surface area contributed by atoms with Crippen molar-refractivity contribution in [2.75, 3.05) is 44.3 Å². The number of nitrogens with zero attached hydrogens (tertiary/aromatic N) is 6. The zero-order valence-electron chi connectivity index (χ0n) is 17.7. The van der Waals surface area contributed by atoms with Crippen LogP contribution >= 0.6 is 11.6 Å². The number of rotatable bonds is 4. The lowest BCUT2D eigenvalue weighted by Gasteiger charge is -2.43. The highest BCUT2D eigenvalue weighted by Crippen LogP contribution is 2.38. The molecule has 0 bridgehead atoms. The lowest BCUT2D eigenvalue weighted by Crippen LogP contribution is -2.56. The van der Waals surface area contributed by atoms with E-state index in [-0.39, 0.29) is 5.91 Å². The second-order valence-electron chi connectivity index (χ2n) is 8.21. The van der Waals surface area contributed by atoms with Crippen LogP contribution in [0.15, 0.2) is 54.6 Å². The number of benzene rings is 2. The first-order chi connectivity index (χ1) is 15.7. The summed E-state index contributed by atoms with van der Waals surface area (Å²) in [6.45, 7) is 3.71. The van der Waals surface area contributed by atoms with Crippen molar-refractivity contribution in [3.05, 3.63) is 65.2 Å². The lowest BCUT2D eigenvalue weighted by atomic mass is 9.73. The van der Waals surface area contributed by atoms with Crippen LogP contribution in [0.4, 0.5) is 5.95 Å². The second kappa shape index (κ2) is 8.88. The van der Waals surface area contributed by atoms with Gasteiger partial charge < -0.3 is 14.5 Å². The predicted molar refractivity (Wildman–Crippen MR) is 121 cm³/mol. The number of anilines is 1. The van der Waals surface area contributed by atoms with Crippen molar-refractivity contribution < 1.29 is 9.53 Å². The first kappa shape index (κ1) is 20.9. The molecule has 3 aromatic rings. The van der Waals surface area contributed by atoms with Gasteiger partial charge in [-0.3, -0.25) is 4.79 Å². The van der Waals surface area contributed by atoms with E-state index in [1.54, 1.807) is 4.68 Å². The summed E-state index contributed by atoms with van der Waals surface area (Å²) in [5, 5.41) is 12.9. The first-order valence-electron chi connectivity index (χ1n) is 10.9. The van der Waals surface area contributed by atoms with Gasteiger partial charge in [-0.25, -0.2) is 0 Å². The third-order valence-electron chi connectivity index (χ3n) is 6.44. The summed E-state index contributed by atoms with van der Waals surface area (Å²) < 4.78 is 7.34. The molecule has 32 heavy (non-hydrogen) atoms. The van der Waals surface area contributed by atoms with Gasteiger partial charge in [0.2, 0.25) is 11.9 Å². The van der Waals surface area contributed by atoms with Crippen molar-refractivity contribution in [1.82, 2.24) is 25.1 Å². The standard InChI is InChI=1S/C23H25ClN6O2/c24-19-6-4-5-18(17-19)23(9-15-32-16-10-23)21(31)28-11-13-29(14-12-28)22-25-26-27-30(22)20-7-2-1-3-8-20/h1-8,17H,9-16H2. The van der Waals surface area contributed by atoms with E-state index in [1.807, 2.05) is 59.5 Å². The normalized spacial score (nSPS) is 18.5. The quantitative estimate of drug-likeness (QED) is 0.605. The molecule has 2 aliphatic rings. The minimum Gasteiger partial charge on any atom is -0.381 e. The van der Waals surface area contributed by atoms with Crippen LogP contribution in [0.3, 0.4) is 0 Å². The van der Waals surface area contributed by atoms with Crippen molar-refractivity contribution in [2.45, 2.75) is 18.3 Å². The number of tetrazole rings is 1. The van der Waals surface area contributed by atoms with E-state index in [2.05, 4.69) is 20.4 Å². The van der Waals surface area contributed by atoms with Crippen LogP contribution in [0, 0.1) is 0 Å². The lowest BCUT2D eigenvalue weighted by molar-refractivity contribution is -0.141. The van der Waals surface area contributed by atoms with E-state index < -0.39 is 5.41 Å². The van der Waals surface area contributed by atoms with Gasteiger partial charge in [0.1, 0.15) is 0 Å². The maximum absolute atomic E-state index is 13.8. The molecule has 0 spiro atoms. The third-order valence-corrected chi connectivity index (χ3v) is 6.67. The molecule has 2 aromatic carbocycles. The minimum absolute atomic E-state index is 0.158. The zero-order valence-corrected chi connectivity index (χ0v) is 18.5. The van der Waals surface area contributed by atoms with Crippen molar-refractivity contribution in [1.29, 1.82) is 0 Å². The monoisotopic (exact) mass is 452 g/mol. The number of aromatic nitrogens is 4. The Balaban J connectivity index is 1.34. The van der Waals surface area contributed by atoms with Gasteiger partial charge in [-0.2, -0.15) is 4.68 Å². The Kier molecular flexibility index (Phi) is 5.80. The van der Waals surface area contributed by atoms with E-state index in [0.717, 1.165) is 11.3 Å². The van der Waals surface area contributed by atoms with E-state index in [4.69, 9.17) is 16.3 Å². The number of piperazine rings is 1. The molecule has 0 saturated carbocycles. The molecule has 0 atom stereocenters. The van der Waals surface area contributed by atoms with E-state index in [1.165, 1.54) is 0 Å². The molecule has 166 valence electrons. The summed E-state index contributed by atoms with van der Waals surface area (Å²) >= 11 is 6.27. The van der Waals surface area contributed by atoms with Crippen molar-refractivity contribution in [3.8, 4) is 5.69 Å². The molecular weight excluding hydrogens is 428 g/mol. The van der Waals surface area contributed by atoms with Gasteiger partial charge in [0.05, 0.1) is 11.1 Å². The Labute approximate surface area is 191 Å². The third kappa shape index (κ3) is 3.84. The molecule has 0 radical (unpaired) electrons. The van der Waals surface area contributed by atoms with Gasteiger partial charge in [0, 0.05) is 44.4 Å². The van der Waals surface area contributed by atoms with E-state index >= 15 is 0 Å². The molecule has 2 saturated heterocycles. The number of para-hydroxylation sites is 1. The number of carbonyl (C=O) groups excluding carboxylic acids is 1. The van der Waals surface area contributed by atoms with E-state index in [0.29, 0.717) is 63.2 Å². The first-order valence-corrected chi connectivity index (χ1v) is 11.3. The zero-order chi connectivity index (χ0) is 22.0. The highest BCUT2D eigenvalue weighted by Gasteiger charge is 2.44. The molecule has 0 aliphatic carbocycles. The predicted octanol–water partition coefficient (Wildman–Crippen LogP) is 2.71. The van der Waals surface area contributed by atoms with Gasteiger partial charge >= 0.3 is 0 Å². The molecule has 5 rings (SSSR count). The summed E-state index contributed by atoms with van der Waals surface area (Å²) in [5.41, 5.74) is 1.30. The minimum atomic E-state index is -0.586. The van der Waals surface area contributed by atoms with Gasteiger partial charge in [-0.15, -0.1) is 0 Å². The fourth-order valence-electron chi connectivity index (χ4n) is 4.66. The molecule has 9 heteroatoms. The molecule has 0 N–H and O–H groups in total. The van der Waals surface area contributed by atoms with Crippen LogP contribution in [0.25, 0.3) is 5.69 Å².